The van der Waals surface area contributed by atoms with Gasteiger partial charge in [-0.15, -0.1) is 0 Å². The molecule has 2 N–H and O–H groups in total. The zero-order valence-corrected chi connectivity index (χ0v) is 22.3. The largest absolute Gasteiger partial charge is 0.445 e. The molecule has 1 aromatic rings. The summed E-state index contributed by atoms with van der Waals surface area (Å²) in [4.78, 5) is 55.6. The van der Waals surface area contributed by atoms with Gasteiger partial charge in [0.15, 0.2) is 0 Å². The van der Waals surface area contributed by atoms with Gasteiger partial charge in [-0.1, -0.05) is 37.6 Å². The van der Waals surface area contributed by atoms with Gasteiger partial charge in [0.1, 0.15) is 24.6 Å². The topological polar surface area (TPSA) is 115 Å². The number of alkyl carbamates (subject to hydrolysis) is 1. The number of piperazine rings is 1. The molecule has 3 aliphatic rings. The fourth-order valence-electron chi connectivity index (χ4n) is 5.62. The maximum Gasteiger partial charge on any atom is 0.407 e. The van der Waals surface area contributed by atoms with E-state index >= 15 is 0 Å². The summed E-state index contributed by atoms with van der Waals surface area (Å²) in [6, 6.07) is 4.78. The van der Waals surface area contributed by atoms with Crippen molar-refractivity contribution in [2.75, 3.05) is 33.3 Å². The molecule has 39 heavy (non-hydrogen) atoms. The molecule has 1 aromatic carbocycles. The van der Waals surface area contributed by atoms with Gasteiger partial charge in [0.25, 0.3) is 0 Å². The molecule has 0 bridgehead atoms. The van der Waals surface area contributed by atoms with Crippen LogP contribution < -0.4 is 10.6 Å². The third kappa shape index (κ3) is 6.67. The molecule has 0 spiro atoms. The molecule has 11 nitrogen and oxygen atoms in total. The van der Waals surface area contributed by atoms with Gasteiger partial charge < -0.3 is 25.2 Å². The van der Waals surface area contributed by atoms with Crippen LogP contribution in [0.1, 0.15) is 44.1 Å². The smallest absolute Gasteiger partial charge is 0.407 e. The minimum absolute atomic E-state index is 0.0557. The quantitative estimate of drug-likeness (QED) is 0.364. The number of carbonyl (C=O) groups excluding carboxylic acids is 4. The average molecular weight is 545 g/mol. The first-order chi connectivity index (χ1) is 18.8. The van der Waals surface area contributed by atoms with Crippen molar-refractivity contribution in [3.8, 4) is 0 Å². The lowest BCUT2D eigenvalue weighted by Crippen LogP contribution is -2.76. The van der Waals surface area contributed by atoms with Gasteiger partial charge in [-0.05, 0) is 43.4 Å². The lowest BCUT2D eigenvalue weighted by atomic mass is 9.99. The number of ether oxygens (including phenoxy) is 1. The highest BCUT2D eigenvalue weighted by Crippen LogP contribution is 2.32. The Labute approximate surface area is 227 Å². The van der Waals surface area contributed by atoms with E-state index < -0.39 is 24.3 Å². The molecule has 2 aliphatic heterocycles. The lowest BCUT2D eigenvalue weighted by molar-refractivity contribution is -0.189. The fourth-order valence-corrected chi connectivity index (χ4v) is 5.62. The molecule has 0 unspecified atom stereocenters. The predicted molar refractivity (Wildman–Crippen MR) is 140 cm³/mol. The van der Waals surface area contributed by atoms with Crippen molar-refractivity contribution < 1.29 is 28.3 Å². The number of nitrogens with zero attached hydrogens (tertiary/aromatic N) is 4. The molecular formula is C27H37FN6O5. The number of hydrazine groups is 1. The van der Waals surface area contributed by atoms with Crippen LogP contribution in [-0.2, 0) is 20.9 Å². The first-order valence-corrected chi connectivity index (χ1v) is 13.5. The summed E-state index contributed by atoms with van der Waals surface area (Å²) < 4.78 is 18.2. The van der Waals surface area contributed by atoms with E-state index in [0.29, 0.717) is 12.8 Å². The zero-order chi connectivity index (χ0) is 27.9. The molecule has 212 valence electrons. The molecule has 1 saturated carbocycles. The number of benzene rings is 1. The third-order valence-corrected chi connectivity index (χ3v) is 7.47. The van der Waals surface area contributed by atoms with Crippen molar-refractivity contribution >= 4 is 23.9 Å². The molecule has 0 aromatic heterocycles. The van der Waals surface area contributed by atoms with Crippen LogP contribution in [0.2, 0.25) is 0 Å². The minimum atomic E-state index is -0.746. The van der Waals surface area contributed by atoms with E-state index in [9.17, 15) is 23.6 Å². The predicted octanol–water partition coefficient (Wildman–Crippen LogP) is 2.20. The van der Waals surface area contributed by atoms with Crippen molar-refractivity contribution in [2.24, 2.45) is 0 Å². The highest BCUT2D eigenvalue weighted by molar-refractivity contribution is 5.91. The van der Waals surface area contributed by atoms with E-state index in [1.54, 1.807) is 29.1 Å². The van der Waals surface area contributed by atoms with E-state index in [-0.39, 0.29) is 56.5 Å². The number of hydrogen-bond acceptors (Lipinski definition) is 6. The molecule has 0 radical (unpaired) electrons. The van der Waals surface area contributed by atoms with Gasteiger partial charge in [0.05, 0.1) is 13.1 Å². The maximum absolute atomic E-state index is 13.7. The highest BCUT2D eigenvalue weighted by atomic mass is 19.1. The molecule has 5 amide bonds. The second kappa shape index (κ2) is 12.9. The molecule has 2 heterocycles. The van der Waals surface area contributed by atoms with Gasteiger partial charge in [-0.2, -0.15) is 0 Å². The monoisotopic (exact) mass is 544 g/mol. The molecule has 12 heteroatoms. The Kier molecular flexibility index (Phi) is 9.39. The number of nitrogens with one attached hydrogen (secondary N) is 2. The van der Waals surface area contributed by atoms with Crippen LogP contribution >= 0.6 is 0 Å². The molecule has 2 atom stereocenters. The first-order valence-electron chi connectivity index (χ1n) is 13.5. The number of likely N-dealkylation sites (N-methyl/N-ethyl adjacent to an activating group) is 1. The standard InChI is InChI=1S/C27H37FN6O5/c1-3-15-39-27(38)29-14-6-9-22-25(36)32(21-7-4-5-8-21)17-23-33(22)24(35)18-31(2)34(23)26(37)30-16-19-10-12-20(28)13-11-19/h3,10-13,21-23H,1,4-9,14-18H2,2H3,(H,29,38)(H,30,37)/t22-,23-/m0/s1. The van der Waals surface area contributed by atoms with Gasteiger partial charge in [0, 0.05) is 26.2 Å². The Morgan fingerprint density at radius 3 is 2.56 bits per heavy atom. The average Bonchev–Trinajstić information content (AvgIpc) is 3.45. The summed E-state index contributed by atoms with van der Waals surface area (Å²) in [6.07, 6.45) is 4.86. The Balaban J connectivity index is 1.50. The number of halogens is 1. The molecular weight excluding hydrogens is 507 g/mol. The van der Waals surface area contributed by atoms with E-state index in [1.165, 1.54) is 23.2 Å². The van der Waals surface area contributed by atoms with Crippen molar-refractivity contribution in [3.63, 3.8) is 0 Å². The SMILES string of the molecule is C=CCOC(=O)NCCC[C@H]1C(=O)N(C2CCCC2)C[C@H]2N1C(=O)CN(C)N2C(=O)NCc1ccc(F)cc1. The van der Waals surface area contributed by atoms with E-state index in [2.05, 4.69) is 17.2 Å². The summed E-state index contributed by atoms with van der Waals surface area (Å²) in [6.45, 7) is 4.24. The summed E-state index contributed by atoms with van der Waals surface area (Å²) in [5, 5.41) is 8.61. The van der Waals surface area contributed by atoms with Crippen LogP contribution in [0.25, 0.3) is 0 Å². The Bertz CT molecular complexity index is 1060. The van der Waals surface area contributed by atoms with Crippen molar-refractivity contribution in [3.05, 3.63) is 48.3 Å². The molecule has 1 aliphatic carbocycles. The third-order valence-electron chi connectivity index (χ3n) is 7.47. The molecule has 3 fully saturated rings. The normalized spacial score (nSPS) is 22.1. The van der Waals surface area contributed by atoms with Crippen molar-refractivity contribution in [1.29, 1.82) is 0 Å². The summed E-state index contributed by atoms with van der Waals surface area (Å²) >= 11 is 0. The molecule has 2 saturated heterocycles. The van der Waals surface area contributed by atoms with Gasteiger partial charge in [-0.3, -0.25) is 9.59 Å². The fraction of sp³-hybridized carbons (Fsp3) is 0.556. The Hall–Kier alpha value is -3.67. The second-order valence-corrected chi connectivity index (χ2v) is 10.1. The number of fused-ring (bicyclic) bond motifs is 1. The minimum Gasteiger partial charge on any atom is -0.445 e. The maximum atomic E-state index is 13.7. The van der Waals surface area contributed by atoms with Crippen LogP contribution in [0.5, 0.6) is 0 Å². The van der Waals surface area contributed by atoms with Gasteiger partial charge in [0.2, 0.25) is 11.8 Å². The second-order valence-electron chi connectivity index (χ2n) is 10.1. The number of carbonyl (C=O) groups is 4. The van der Waals surface area contributed by atoms with Crippen LogP contribution in [-0.4, -0.2) is 95.3 Å². The van der Waals surface area contributed by atoms with Crippen LogP contribution in [0.15, 0.2) is 36.9 Å². The lowest BCUT2D eigenvalue weighted by Gasteiger charge is -2.55. The van der Waals surface area contributed by atoms with Crippen LogP contribution in [0.3, 0.4) is 0 Å². The van der Waals surface area contributed by atoms with Crippen LogP contribution in [0, 0.1) is 5.82 Å². The first kappa shape index (κ1) is 28.3. The Morgan fingerprint density at radius 2 is 1.87 bits per heavy atom. The van der Waals surface area contributed by atoms with Gasteiger partial charge >= 0.3 is 12.1 Å². The van der Waals surface area contributed by atoms with E-state index in [0.717, 1.165) is 31.2 Å². The van der Waals surface area contributed by atoms with Crippen molar-refractivity contribution in [1.82, 2.24) is 30.5 Å². The van der Waals surface area contributed by atoms with E-state index in [4.69, 9.17) is 4.74 Å². The Morgan fingerprint density at radius 1 is 1.15 bits per heavy atom. The summed E-state index contributed by atoms with van der Waals surface area (Å²) in [5.74, 6) is -0.700. The number of hydrogen-bond donors (Lipinski definition) is 2. The van der Waals surface area contributed by atoms with Crippen molar-refractivity contribution in [2.45, 2.75) is 63.3 Å². The zero-order valence-electron chi connectivity index (χ0n) is 22.3. The number of urea groups is 1. The van der Waals surface area contributed by atoms with Gasteiger partial charge in [-0.25, -0.2) is 24.0 Å². The highest BCUT2D eigenvalue weighted by Gasteiger charge is 2.51. The van der Waals surface area contributed by atoms with E-state index in [1.807, 2.05) is 4.90 Å². The van der Waals surface area contributed by atoms with Crippen LogP contribution in [0.4, 0.5) is 14.0 Å². The summed E-state index contributed by atoms with van der Waals surface area (Å²) in [7, 11) is 1.68. The number of rotatable bonds is 9. The summed E-state index contributed by atoms with van der Waals surface area (Å²) in [5.41, 5.74) is 0.737. The molecule has 4 rings (SSSR count). The number of amides is 5.